The van der Waals surface area contributed by atoms with Crippen LogP contribution in [0.5, 0.6) is 5.88 Å². The summed E-state index contributed by atoms with van der Waals surface area (Å²) in [4.78, 5) is 38.1. The van der Waals surface area contributed by atoms with Gasteiger partial charge in [0.15, 0.2) is 0 Å². The highest BCUT2D eigenvalue weighted by Gasteiger charge is 2.34. The van der Waals surface area contributed by atoms with E-state index in [-0.39, 0.29) is 18.1 Å². The van der Waals surface area contributed by atoms with Crippen molar-refractivity contribution >= 4 is 51.9 Å². The van der Waals surface area contributed by atoms with Crippen molar-refractivity contribution in [3.8, 4) is 5.88 Å². The minimum atomic E-state index is -0.350. The number of pyridine rings is 2. The van der Waals surface area contributed by atoms with E-state index in [1.807, 2.05) is 42.6 Å². The van der Waals surface area contributed by atoms with Crippen LogP contribution in [-0.2, 0) is 9.53 Å². The second-order valence-corrected chi connectivity index (χ2v) is 10.0. The predicted molar refractivity (Wildman–Crippen MR) is 138 cm³/mol. The van der Waals surface area contributed by atoms with E-state index in [9.17, 15) is 9.59 Å². The fourth-order valence-corrected chi connectivity index (χ4v) is 5.53. The smallest absolute Gasteiger partial charge is 0.414 e. The van der Waals surface area contributed by atoms with Crippen LogP contribution in [0.1, 0.15) is 6.42 Å². The summed E-state index contributed by atoms with van der Waals surface area (Å²) in [5.41, 5.74) is 4.22. The quantitative estimate of drug-likeness (QED) is 0.500. The Balaban J connectivity index is 1.00. The van der Waals surface area contributed by atoms with Crippen LogP contribution in [0.3, 0.4) is 0 Å². The molecule has 0 spiro atoms. The average molecular weight is 507 g/mol. The molecule has 1 aromatic carbocycles. The number of aromatic nitrogens is 2. The fourth-order valence-electron chi connectivity index (χ4n) is 4.74. The number of nitrogens with one attached hydrogen (secondary N) is 2. The monoisotopic (exact) mass is 506 g/mol. The Morgan fingerprint density at radius 3 is 2.94 bits per heavy atom. The third kappa shape index (κ3) is 4.40. The zero-order valence-corrected chi connectivity index (χ0v) is 20.6. The second kappa shape index (κ2) is 9.47. The summed E-state index contributed by atoms with van der Waals surface area (Å²) in [6, 6.07) is 11.8. The van der Waals surface area contributed by atoms with Gasteiger partial charge in [-0.2, -0.15) is 0 Å². The molecular formula is C25H26N6O4S. The molecule has 10 nitrogen and oxygen atoms in total. The number of hydrogen-bond donors (Lipinski definition) is 2. The van der Waals surface area contributed by atoms with E-state index < -0.39 is 0 Å². The lowest BCUT2D eigenvalue weighted by Gasteiger charge is -2.41. The van der Waals surface area contributed by atoms with Crippen LogP contribution in [0.15, 0.2) is 47.5 Å². The first-order chi connectivity index (χ1) is 17.6. The SMILES string of the molecule is COc1ccc2nccc(N3CC(NCCC4CN(c5ccc6c(c5)NC(=O)CS6)C(=O)O4)C3)c2n1. The number of carbonyl (C=O) groups is 2. The lowest BCUT2D eigenvalue weighted by molar-refractivity contribution is -0.113. The lowest BCUT2D eigenvalue weighted by Crippen LogP contribution is -2.58. The van der Waals surface area contributed by atoms with E-state index in [1.165, 1.54) is 11.8 Å². The second-order valence-electron chi connectivity index (χ2n) is 9.03. The van der Waals surface area contributed by atoms with Gasteiger partial charge in [0.05, 0.1) is 36.3 Å². The van der Waals surface area contributed by atoms with E-state index in [1.54, 1.807) is 12.0 Å². The van der Waals surface area contributed by atoms with Gasteiger partial charge in [0, 0.05) is 42.0 Å². The molecule has 36 heavy (non-hydrogen) atoms. The molecule has 0 radical (unpaired) electrons. The number of rotatable bonds is 7. The van der Waals surface area contributed by atoms with Crippen LogP contribution in [-0.4, -0.2) is 73.2 Å². The van der Waals surface area contributed by atoms with Gasteiger partial charge < -0.3 is 25.0 Å². The number of benzene rings is 1. The van der Waals surface area contributed by atoms with Gasteiger partial charge in [-0.1, -0.05) is 0 Å². The highest BCUT2D eigenvalue weighted by molar-refractivity contribution is 8.00. The van der Waals surface area contributed by atoms with Gasteiger partial charge in [-0.25, -0.2) is 9.78 Å². The van der Waals surface area contributed by atoms with Crippen LogP contribution < -0.4 is 25.2 Å². The lowest BCUT2D eigenvalue weighted by atomic mass is 10.1. The molecule has 0 aliphatic carbocycles. The van der Waals surface area contributed by atoms with Crippen LogP contribution in [0.25, 0.3) is 11.0 Å². The minimum Gasteiger partial charge on any atom is -0.481 e. The molecule has 3 aromatic rings. The minimum absolute atomic E-state index is 0.0275. The van der Waals surface area contributed by atoms with Crippen LogP contribution in [0, 0.1) is 0 Å². The molecule has 2 aromatic heterocycles. The number of carbonyl (C=O) groups excluding carboxylic acids is 2. The normalized spacial score (nSPS) is 19.6. The summed E-state index contributed by atoms with van der Waals surface area (Å²) < 4.78 is 10.9. The van der Waals surface area contributed by atoms with Crippen molar-refractivity contribution in [2.24, 2.45) is 0 Å². The maximum atomic E-state index is 12.5. The highest BCUT2D eigenvalue weighted by atomic mass is 32.2. The fraction of sp³-hybridized carbons (Fsp3) is 0.360. The van der Waals surface area contributed by atoms with Crippen molar-refractivity contribution < 1.29 is 19.1 Å². The molecule has 1 atom stereocenters. The number of nitrogens with zero attached hydrogens (tertiary/aromatic N) is 4. The molecule has 2 N–H and O–H groups in total. The van der Waals surface area contributed by atoms with Gasteiger partial charge in [0.1, 0.15) is 11.6 Å². The van der Waals surface area contributed by atoms with E-state index in [4.69, 9.17) is 9.47 Å². The van der Waals surface area contributed by atoms with Crippen molar-refractivity contribution in [3.63, 3.8) is 0 Å². The molecule has 3 aliphatic rings. The summed E-state index contributed by atoms with van der Waals surface area (Å²) in [7, 11) is 1.61. The van der Waals surface area contributed by atoms with Crippen LogP contribution in [0.4, 0.5) is 21.9 Å². The molecule has 2 fully saturated rings. The molecular weight excluding hydrogens is 480 g/mol. The van der Waals surface area contributed by atoms with Gasteiger partial charge in [-0.15, -0.1) is 11.8 Å². The summed E-state index contributed by atoms with van der Waals surface area (Å²) in [5, 5.41) is 6.44. The van der Waals surface area contributed by atoms with Gasteiger partial charge >= 0.3 is 6.09 Å². The number of anilines is 3. The molecule has 0 saturated carbocycles. The topological polar surface area (TPSA) is 109 Å². The Morgan fingerprint density at radius 2 is 2.08 bits per heavy atom. The summed E-state index contributed by atoms with van der Waals surface area (Å²) in [6.07, 6.45) is 2.01. The molecule has 186 valence electrons. The first kappa shape index (κ1) is 22.9. The maximum Gasteiger partial charge on any atom is 0.414 e. The first-order valence-corrected chi connectivity index (χ1v) is 12.9. The zero-order chi connectivity index (χ0) is 24.6. The maximum absolute atomic E-state index is 12.5. The number of cyclic esters (lactones) is 1. The molecule has 0 bridgehead atoms. The number of ether oxygens (including phenoxy) is 2. The van der Waals surface area contributed by atoms with Gasteiger partial charge in [-0.05, 0) is 43.3 Å². The van der Waals surface area contributed by atoms with Crippen molar-refractivity contribution in [3.05, 3.63) is 42.6 Å². The average Bonchev–Trinajstić information content (AvgIpc) is 3.24. The van der Waals surface area contributed by atoms with E-state index in [0.29, 0.717) is 24.2 Å². The third-order valence-electron chi connectivity index (χ3n) is 6.65. The number of thioether (sulfide) groups is 1. The summed E-state index contributed by atoms with van der Waals surface area (Å²) >= 11 is 1.50. The summed E-state index contributed by atoms with van der Waals surface area (Å²) in [5.74, 6) is 0.961. The van der Waals surface area contributed by atoms with Crippen LogP contribution in [0.2, 0.25) is 0 Å². The molecule has 5 heterocycles. The number of fused-ring (bicyclic) bond motifs is 2. The Labute approximate surface area is 212 Å². The Morgan fingerprint density at radius 1 is 1.19 bits per heavy atom. The standard InChI is InChI=1S/C25H26N6O4S/c1-34-23-5-3-18-24(29-23)20(7-9-27-18)30-11-15(12-30)26-8-6-17-13-31(25(33)35-17)16-2-4-21-19(10-16)28-22(32)14-36-21/h2-5,7,9-10,15,17,26H,6,8,11-14H2,1H3,(H,28,32). The van der Waals surface area contributed by atoms with Gasteiger partial charge in [-0.3, -0.25) is 14.7 Å². The van der Waals surface area contributed by atoms with Crippen molar-refractivity contribution in [1.82, 2.24) is 15.3 Å². The molecule has 2 amide bonds. The molecule has 1 unspecified atom stereocenters. The number of methoxy groups -OCH3 is 1. The van der Waals surface area contributed by atoms with Crippen molar-refractivity contribution in [1.29, 1.82) is 0 Å². The van der Waals surface area contributed by atoms with E-state index >= 15 is 0 Å². The largest absolute Gasteiger partial charge is 0.481 e. The molecule has 3 aliphatic heterocycles. The van der Waals surface area contributed by atoms with Crippen molar-refractivity contribution in [2.75, 3.05) is 54.2 Å². The predicted octanol–water partition coefficient (Wildman–Crippen LogP) is 2.88. The Hall–Kier alpha value is -3.57. The van der Waals surface area contributed by atoms with Gasteiger partial charge in [0.2, 0.25) is 11.8 Å². The van der Waals surface area contributed by atoms with Crippen LogP contribution >= 0.6 is 11.8 Å². The summed E-state index contributed by atoms with van der Waals surface area (Å²) in [6.45, 7) is 2.99. The number of amides is 2. The molecule has 6 rings (SSSR count). The highest BCUT2D eigenvalue weighted by Crippen LogP contribution is 2.35. The first-order valence-electron chi connectivity index (χ1n) is 11.9. The molecule has 2 saturated heterocycles. The Bertz CT molecular complexity index is 1330. The van der Waals surface area contributed by atoms with Gasteiger partial charge in [0.25, 0.3) is 0 Å². The van der Waals surface area contributed by atoms with Crippen molar-refractivity contribution in [2.45, 2.75) is 23.5 Å². The van der Waals surface area contributed by atoms with E-state index in [0.717, 1.165) is 59.0 Å². The Kier molecular flexibility index (Phi) is 6.02. The molecule has 11 heteroatoms. The van der Waals surface area contributed by atoms with E-state index in [2.05, 4.69) is 25.5 Å². The third-order valence-corrected chi connectivity index (χ3v) is 7.72. The number of hydrogen-bond acceptors (Lipinski definition) is 9. The zero-order valence-electron chi connectivity index (χ0n) is 19.8.